The van der Waals surface area contributed by atoms with Crippen molar-refractivity contribution in [2.75, 3.05) is 13.1 Å². The van der Waals surface area contributed by atoms with Crippen molar-refractivity contribution in [2.45, 2.75) is 57.8 Å². The highest BCUT2D eigenvalue weighted by atomic mass is 32.2. The van der Waals surface area contributed by atoms with Gasteiger partial charge in [-0.15, -0.1) is 0 Å². The molecule has 0 unspecified atom stereocenters. The van der Waals surface area contributed by atoms with Crippen LogP contribution in [0.25, 0.3) is 0 Å². The maximum atomic E-state index is 13.1. The van der Waals surface area contributed by atoms with Gasteiger partial charge in [-0.05, 0) is 56.4 Å². The lowest BCUT2D eigenvalue weighted by atomic mass is 9.80. The van der Waals surface area contributed by atoms with Crippen LogP contribution in [0.2, 0.25) is 0 Å². The molecule has 0 amide bonds. The van der Waals surface area contributed by atoms with E-state index in [2.05, 4.69) is 17.1 Å². The van der Waals surface area contributed by atoms with E-state index in [1.165, 1.54) is 0 Å². The van der Waals surface area contributed by atoms with E-state index >= 15 is 0 Å². The van der Waals surface area contributed by atoms with E-state index in [1.54, 1.807) is 17.3 Å². The van der Waals surface area contributed by atoms with Gasteiger partial charge >= 0.3 is 0 Å². The first-order chi connectivity index (χ1) is 11.6. The first-order valence-corrected chi connectivity index (χ1v) is 9.96. The summed E-state index contributed by atoms with van der Waals surface area (Å²) in [6.45, 7) is 10.6. The molecule has 0 aliphatic carbocycles. The fraction of sp³-hybridized carbons (Fsp3) is 0.556. The lowest BCUT2D eigenvalue weighted by Gasteiger charge is -2.36. The third-order valence-corrected chi connectivity index (χ3v) is 7.34. The Labute approximate surface area is 149 Å². The molecule has 0 saturated carbocycles. The Morgan fingerprint density at radius 2 is 1.64 bits per heavy atom. The highest BCUT2D eigenvalue weighted by Crippen LogP contribution is 2.35. The van der Waals surface area contributed by atoms with Crippen LogP contribution >= 0.6 is 0 Å². The van der Waals surface area contributed by atoms with Crippen LogP contribution < -0.4 is 0 Å². The highest BCUT2D eigenvalue weighted by molar-refractivity contribution is 7.89. The van der Waals surface area contributed by atoms with Crippen LogP contribution in [-0.4, -0.2) is 36.0 Å². The standard InChI is InChI=1S/C18H25N3O3S/c1-12-10-14(3)16(11-13(12)2)25(22,23)21-8-6-18(5,7-9-21)17-19-15(4)24-20-17/h10-11H,6-9H2,1-5H3. The number of piperidine rings is 1. The molecule has 1 fully saturated rings. The summed E-state index contributed by atoms with van der Waals surface area (Å²) in [6, 6.07) is 3.73. The Morgan fingerprint density at radius 3 is 2.20 bits per heavy atom. The number of aromatic nitrogens is 2. The number of hydrogen-bond acceptors (Lipinski definition) is 5. The van der Waals surface area contributed by atoms with E-state index in [0.29, 0.717) is 42.5 Å². The molecular formula is C18H25N3O3S. The molecule has 0 spiro atoms. The van der Waals surface area contributed by atoms with E-state index in [-0.39, 0.29) is 5.41 Å². The van der Waals surface area contributed by atoms with E-state index in [4.69, 9.17) is 4.52 Å². The molecule has 0 atom stereocenters. The summed E-state index contributed by atoms with van der Waals surface area (Å²) in [6.07, 6.45) is 1.35. The summed E-state index contributed by atoms with van der Waals surface area (Å²) in [5, 5.41) is 4.04. The van der Waals surface area contributed by atoms with Gasteiger partial charge in [0, 0.05) is 25.4 Å². The predicted octanol–water partition coefficient (Wildman–Crippen LogP) is 3.05. The largest absolute Gasteiger partial charge is 0.340 e. The van der Waals surface area contributed by atoms with Gasteiger partial charge in [-0.2, -0.15) is 9.29 Å². The highest BCUT2D eigenvalue weighted by Gasteiger charge is 2.39. The molecule has 6 nitrogen and oxygen atoms in total. The van der Waals surface area contributed by atoms with Crippen LogP contribution in [0.3, 0.4) is 0 Å². The fourth-order valence-electron chi connectivity index (χ4n) is 3.34. The lowest BCUT2D eigenvalue weighted by molar-refractivity contribution is 0.233. The molecule has 0 bridgehead atoms. The zero-order valence-electron chi connectivity index (χ0n) is 15.5. The Bertz CT molecular complexity index is 894. The van der Waals surface area contributed by atoms with Crippen molar-refractivity contribution in [1.82, 2.24) is 14.4 Å². The summed E-state index contributed by atoms with van der Waals surface area (Å²) in [7, 11) is -3.49. The first kappa shape index (κ1) is 18.1. The van der Waals surface area contributed by atoms with Crippen LogP contribution in [0, 0.1) is 27.7 Å². The third-order valence-electron chi connectivity index (χ3n) is 5.30. The van der Waals surface area contributed by atoms with Crippen molar-refractivity contribution in [2.24, 2.45) is 0 Å². The zero-order chi connectivity index (χ0) is 18.4. The minimum Gasteiger partial charge on any atom is -0.340 e. The van der Waals surface area contributed by atoms with Gasteiger partial charge in [0.05, 0.1) is 4.90 Å². The SMILES string of the molecule is Cc1nc(C2(C)CCN(S(=O)(=O)c3cc(C)c(C)cc3C)CC2)no1. The summed E-state index contributed by atoms with van der Waals surface area (Å²) in [5.41, 5.74) is 2.65. The molecule has 1 aliphatic heterocycles. The summed E-state index contributed by atoms with van der Waals surface area (Å²) in [5.74, 6) is 1.21. The molecule has 7 heteroatoms. The van der Waals surface area contributed by atoms with Crippen LogP contribution in [0.4, 0.5) is 0 Å². The Hall–Kier alpha value is -1.73. The molecular weight excluding hydrogens is 338 g/mol. The molecule has 2 aromatic rings. The van der Waals surface area contributed by atoms with Gasteiger partial charge in [0.2, 0.25) is 15.9 Å². The van der Waals surface area contributed by atoms with Crippen LogP contribution in [-0.2, 0) is 15.4 Å². The number of benzene rings is 1. The quantitative estimate of drug-likeness (QED) is 0.838. The first-order valence-electron chi connectivity index (χ1n) is 8.52. The normalized spacial score (nSPS) is 18.4. The van der Waals surface area contributed by atoms with Gasteiger partial charge in [-0.1, -0.05) is 18.1 Å². The van der Waals surface area contributed by atoms with Crippen LogP contribution in [0.5, 0.6) is 0 Å². The molecule has 1 aromatic carbocycles. The number of nitrogens with zero attached hydrogens (tertiary/aromatic N) is 3. The van der Waals surface area contributed by atoms with Gasteiger partial charge in [0.15, 0.2) is 5.82 Å². The van der Waals surface area contributed by atoms with E-state index in [1.807, 2.05) is 26.8 Å². The molecule has 1 aromatic heterocycles. The summed E-state index contributed by atoms with van der Waals surface area (Å²) < 4.78 is 32.9. The maximum Gasteiger partial charge on any atom is 0.243 e. The molecule has 3 rings (SSSR count). The number of rotatable bonds is 3. The van der Waals surface area contributed by atoms with Gasteiger partial charge in [0.25, 0.3) is 0 Å². The topological polar surface area (TPSA) is 76.3 Å². The van der Waals surface area contributed by atoms with Crippen LogP contribution in [0.15, 0.2) is 21.6 Å². The summed E-state index contributed by atoms with van der Waals surface area (Å²) >= 11 is 0. The molecule has 1 aliphatic rings. The van der Waals surface area contributed by atoms with E-state index in [9.17, 15) is 8.42 Å². The number of aryl methyl sites for hydroxylation is 4. The van der Waals surface area contributed by atoms with Gasteiger partial charge in [-0.3, -0.25) is 0 Å². The maximum absolute atomic E-state index is 13.1. The van der Waals surface area contributed by atoms with Crippen molar-refractivity contribution in [3.8, 4) is 0 Å². The predicted molar refractivity (Wildman–Crippen MR) is 95.0 cm³/mol. The monoisotopic (exact) mass is 363 g/mol. The second-order valence-electron chi connectivity index (χ2n) is 7.30. The van der Waals surface area contributed by atoms with Crippen LogP contribution in [0.1, 0.15) is 48.2 Å². The Kier molecular flexibility index (Phi) is 4.49. The smallest absolute Gasteiger partial charge is 0.243 e. The number of sulfonamides is 1. The second-order valence-corrected chi connectivity index (χ2v) is 9.21. The van der Waals surface area contributed by atoms with Crippen molar-refractivity contribution in [3.05, 3.63) is 40.5 Å². The minimum atomic E-state index is -3.49. The third kappa shape index (κ3) is 3.22. The molecule has 0 N–H and O–H groups in total. The van der Waals surface area contributed by atoms with Crippen molar-refractivity contribution < 1.29 is 12.9 Å². The molecule has 25 heavy (non-hydrogen) atoms. The summed E-state index contributed by atoms with van der Waals surface area (Å²) in [4.78, 5) is 4.75. The number of hydrogen-bond donors (Lipinski definition) is 0. The Morgan fingerprint density at radius 1 is 1.04 bits per heavy atom. The average Bonchev–Trinajstić information content (AvgIpc) is 2.98. The van der Waals surface area contributed by atoms with Crippen molar-refractivity contribution >= 4 is 10.0 Å². The van der Waals surface area contributed by atoms with Crippen molar-refractivity contribution in [3.63, 3.8) is 0 Å². The fourth-order valence-corrected chi connectivity index (χ4v) is 5.07. The van der Waals surface area contributed by atoms with E-state index < -0.39 is 10.0 Å². The van der Waals surface area contributed by atoms with Gasteiger partial charge in [-0.25, -0.2) is 8.42 Å². The van der Waals surface area contributed by atoms with Gasteiger partial charge < -0.3 is 4.52 Å². The molecule has 2 heterocycles. The van der Waals surface area contributed by atoms with Crippen molar-refractivity contribution in [1.29, 1.82) is 0 Å². The second kappa shape index (κ2) is 6.21. The molecule has 0 radical (unpaired) electrons. The minimum absolute atomic E-state index is 0.248. The van der Waals surface area contributed by atoms with E-state index in [0.717, 1.165) is 16.7 Å². The molecule has 136 valence electrons. The molecule has 1 saturated heterocycles. The lowest BCUT2D eigenvalue weighted by Crippen LogP contribution is -2.44. The zero-order valence-corrected chi connectivity index (χ0v) is 16.3. The Balaban J connectivity index is 1.84. The average molecular weight is 363 g/mol. The van der Waals surface area contributed by atoms with Gasteiger partial charge in [0.1, 0.15) is 0 Å².